The van der Waals surface area contributed by atoms with Crippen molar-refractivity contribution in [3.63, 3.8) is 0 Å². The van der Waals surface area contributed by atoms with Crippen molar-refractivity contribution in [2.45, 2.75) is 20.4 Å². The summed E-state index contributed by atoms with van der Waals surface area (Å²) in [5.41, 5.74) is 7.78. The Bertz CT molecular complexity index is 404. The van der Waals surface area contributed by atoms with Crippen molar-refractivity contribution in [2.75, 3.05) is 32.7 Å². The van der Waals surface area contributed by atoms with Gasteiger partial charge >= 0.3 is 0 Å². The van der Waals surface area contributed by atoms with Gasteiger partial charge in [0.05, 0.1) is 10.7 Å². The van der Waals surface area contributed by atoms with Crippen molar-refractivity contribution < 1.29 is 4.52 Å². The molecule has 6 heteroatoms. The van der Waals surface area contributed by atoms with Gasteiger partial charge in [-0.15, -0.1) is 0 Å². The summed E-state index contributed by atoms with van der Waals surface area (Å²) in [6.45, 7) is 9.71. The Morgan fingerprint density at radius 1 is 1.28 bits per heavy atom. The highest BCUT2D eigenvalue weighted by Gasteiger charge is 2.19. The number of aryl methyl sites for hydroxylation is 2. The molecule has 100 valence electrons. The van der Waals surface area contributed by atoms with Crippen LogP contribution in [0, 0.1) is 13.8 Å². The molecule has 18 heavy (non-hydrogen) atoms. The lowest BCUT2D eigenvalue weighted by Crippen LogP contribution is -2.48. The molecule has 0 bridgehead atoms. The van der Waals surface area contributed by atoms with E-state index in [1.807, 2.05) is 13.8 Å². The van der Waals surface area contributed by atoms with E-state index in [9.17, 15) is 0 Å². The molecule has 1 aliphatic heterocycles. The predicted molar refractivity (Wildman–Crippen MR) is 74.5 cm³/mol. The Labute approximate surface area is 113 Å². The summed E-state index contributed by atoms with van der Waals surface area (Å²) >= 11 is 4.94. The molecule has 1 aromatic heterocycles. The summed E-state index contributed by atoms with van der Waals surface area (Å²) in [5.74, 6) is 0.929. The quantitative estimate of drug-likeness (QED) is 0.811. The Kier molecular flexibility index (Phi) is 4.31. The minimum atomic E-state index is 0.578. The molecule has 0 amide bonds. The summed E-state index contributed by atoms with van der Waals surface area (Å²) in [6, 6.07) is 0. The van der Waals surface area contributed by atoms with Gasteiger partial charge in [-0.05, 0) is 13.8 Å². The second kappa shape index (κ2) is 5.77. The number of nitrogens with two attached hydrogens (primary N) is 1. The minimum Gasteiger partial charge on any atom is -0.392 e. The van der Waals surface area contributed by atoms with Gasteiger partial charge in [0, 0.05) is 44.8 Å². The third-order valence-electron chi connectivity index (χ3n) is 3.41. The first kappa shape index (κ1) is 13.5. The van der Waals surface area contributed by atoms with Crippen molar-refractivity contribution >= 4 is 17.2 Å². The van der Waals surface area contributed by atoms with Gasteiger partial charge in [-0.3, -0.25) is 9.80 Å². The van der Waals surface area contributed by atoms with E-state index in [0.29, 0.717) is 4.99 Å². The monoisotopic (exact) mass is 268 g/mol. The van der Waals surface area contributed by atoms with Crippen LogP contribution in [0.4, 0.5) is 0 Å². The van der Waals surface area contributed by atoms with Crippen LogP contribution in [0.15, 0.2) is 4.52 Å². The first-order chi connectivity index (χ1) is 8.56. The Hall–Kier alpha value is -0.980. The normalized spacial score (nSPS) is 18.1. The van der Waals surface area contributed by atoms with Crippen molar-refractivity contribution in [3.05, 3.63) is 17.0 Å². The van der Waals surface area contributed by atoms with Crippen LogP contribution in [0.25, 0.3) is 0 Å². The largest absolute Gasteiger partial charge is 0.392 e. The van der Waals surface area contributed by atoms with Gasteiger partial charge in [0.15, 0.2) is 0 Å². The molecule has 1 aromatic rings. The fourth-order valence-electron chi connectivity index (χ4n) is 2.28. The number of aromatic nitrogens is 1. The van der Waals surface area contributed by atoms with Crippen molar-refractivity contribution in [1.82, 2.24) is 15.0 Å². The molecule has 0 saturated carbocycles. The van der Waals surface area contributed by atoms with E-state index >= 15 is 0 Å². The molecule has 2 rings (SSSR count). The van der Waals surface area contributed by atoms with E-state index in [1.165, 1.54) is 5.56 Å². The zero-order chi connectivity index (χ0) is 13.1. The topological polar surface area (TPSA) is 58.5 Å². The molecule has 1 aliphatic rings. The van der Waals surface area contributed by atoms with Crippen LogP contribution in [0.1, 0.15) is 17.0 Å². The zero-order valence-electron chi connectivity index (χ0n) is 11.0. The van der Waals surface area contributed by atoms with E-state index in [0.717, 1.165) is 50.7 Å². The molecular formula is C12H20N4OS. The van der Waals surface area contributed by atoms with Crippen molar-refractivity contribution in [1.29, 1.82) is 0 Å². The van der Waals surface area contributed by atoms with Crippen LogP contribution in [0.2, 0.25) is 0 Å². The highest BCUT2D eigenvalue weighted by Crippen LogP contribution is 2.16. The van der Waals surface area contributed by atoms with Crippen LogP contribution in [-0.4, -0.2) is 52.7 Å². The maximum absolute atomic E-state index is 5.56. The van der Waals surface area contributed by atoms with E-state index in [4.69, 9.17) is 22.5 Å². The SMILES string of the molecule is Cc1noc(C)c1CN1CCN(CC(N)=S)CC1. The minimum absolute atomic E-state index is 0.578. The number of nitrogens with zero attached hydrogens (tertiary/aromatic N) is 3. The molecular weight excluding hydrogens is 248 g/mol. The van der Waals surface area contributed by atoms with E-state index in [-0.39, 0.29) is 0 Å². The Balaban J connectivity index is 1.85. The van der Waals surface area contributed by atoms with Crippen LogP contribution >= 0.6 is 12.2 Å². The lowest BCUT2D eigenvalue weighted by atomic mass is 10.2. The summed E-state index contributed by atoms with van der Waals surface area (Å²) in [6.07, 6.45) is 0. The fourth-order valence-corrected chi connectivity index (χ4v) is 2.46. The van der Waals surface area contributed by atoms with Crippen molar-refractivity contribution in [2.24, 2.45) is 5.73 Å². The Morgan fingerprint density at radius 2 is 1.89 bits per heavy atom. The second-order valence-electron chi connectivity index (χ2n) is 4.82. The lowest BCUT2D eigenvalue weighted by Gasteiger charge is -2.34. The van der Waals surface area contributed by atoms with Crippen LogP contribution < -0.4 is 5.73 Å². The molecule has 0 radical (unpaired) electrons. The summed E-state index contributed by atoms with van der Waals surface area (Å²) in [7, 11) is 0. The number of hydrogen-bond acceptors (Lipinski definition) is 5. The highest BCUT2D eigenvalue weighted by molar-refractivity contribution is 7.80. The van der Waals surface area contributed by atoms with Gasteiger partial charge in [-0.25, -0.2) is 0 Å². The number of thiocarbonyl (C=S) groups is 1. The highest BCUT2D eigenvalue weighted by atomic mass is 32.1. The van der Waals surface area contributed by atoms with Gasteiger partial charge in [-0.2, -0.15) is 0 Å². The maximum Gasteiger partial charge on any atom is 0.138 e. The second-order valence-corrected chi connectivity index (χ2v) is 5.35. The van der Waals surface area contributed by atoms with Gasteiger partial charge < -0.3 is 10.3 Å². The number of hydrogen-bond donors (Lipinski definition) is 1. The number of rotatable bonds is 4. The van der Waals surface area contributed by atoms with Crippen LogP contribution in [0.5, 0.6) is 0 Å². The molecule has 1 saturated heterocycles. The summed E-state index contributed by atoms with van der Waals surface area (Å²) < 4.78 is 5.19. The fraction of sp³-hybridized carbons (Fsp3) is 0.667. The average Bonchev–Trinajstić information content (AvgIpc) is 2.63. The standard InChI is InChI=1S/C12H20N4OS/c1-9-11(10(2)17-14-9)7-15-3-5-16(6-4-15)8-12(13)18/h3-8H2,1-2H3,(H2,13,18). The van der Waals surface area contributed by atoms with Crippen LogP contribution in [-0.2, 0) is 6.54 Å². The molecule has 0 atom stereocenters. The average molecular weight is 268 g/mol. The maximum atomic E-state index is 5.56. The predicted octanol–water partition coefficient (Wildman–Crippen LogP) is 0.695. The first-order valence-corrected chi connectivity index (χ1v) is 6.62. The van der Waals surface area contributed by atoms with Gasteiger partial charge in [0.25, 0.3) is 0 Å². The van der Waals surface area contributed by atoms with E-state index in [2.05, 4.69) is 15.0 Å². The smallest absolute Gasteiger partial charge is 0.138 e. The van der Waals surface area contributed by atoms with Gasteiger partial charge in [-0.1, -0.05) is 17.4 Å². The molecule has 0 spiro atoms. The lowest BCUT2D eigenvalue weighted by molar-refractivity contribution is 0.139. The van der Waals surface area contributed by atoms with E-state index < -0.39 is 0 Å². The Morgan fingerprint density at radius 3 is 2.39 bits per heavy atom. The van der Waals surface area contributed by atoms with Crippen molar-refractivity contribution in [3.8, 4) is 0 Å². The van der Waals surface area contributed by atoms with E-state index in [1.54, 1.807) is 0 Å². The zero-order valence-corrected chi connectivity index (χ0v) is 11.8. The molecule has 0 aliphatic carbocycles. The summed E-state index contributed by atoms with van der Waals surface area (Å²) in [5, 5.41) is 3.99. The van der Waals surface area contributed by atoms with Gasteiger partial charge in [0.2, 0.25) is 0 Å². The first-order valence-electron chi connectivity index (χ1n) is 6.21. The molecule has 1 fully saturated rings. The van der Waals surface area contributed by atoms with Crippen LogP contribution in [0.3, 0.4) is 0 Å². The van der Waals surface area contributed by atoms with Gasteiger partial charge in [0.1, 0.15) is 5.76 Å². The molecule has 0 unspecified atom stereocenters. The third kappa shape index (κ3) is 3.28. The number of piperazine rings is 1. The summed E-state index contributed by atoms with van der Waals surface area (Å²) in [4.78, 5) is 5.29. The molecule has 2 heterocycles. The third-order valence-corrected chi connectivity index (χ3v) is 3.54. The molecule has 2 N–H and O–H groups in total. The molecule has 5 nitrogen and oxygen atoms in total. The molecule has 0 aromatic carbocycles.